The van der Waals surface area contributed by atoms with E-state index in [4.69, 9.17) is 23.7 Å². The van der Waals surface area contributed by atoms with Gasteiger partial charge in [0.15, 0.2) is 10.8 Å². The first-order valence-electron chi connectivity index (χ1n) is 23.8. The van der Waals surface area contributed by atoms with Crippen molar-refractivity contribution in [2.45, 2.75) is 91.5 Å². The predicted octanol–water partition coefficient (Wildman–Crippen LogP) is 8.19. The average molecular weight is 1020 g/mol. The lowest BCUT2D eigenvalue weighted by Gasteiger charge is -2.35. The zero-order valence-electron chi connectivity index (χ0n) is 41.4. The van der Waals surface area contributed by atoms with Gasteiger partial charge in [-0.3, -0.25) is 24.1 Å². The van der Waals surface area contributed by atoms with Gasteiger partial charge in [-0.2, -0.15) is 0 Å². The van der Waals surface area contributed by atoms with Crippen molar-refractivity contribution in [3.05, 3.63) is 102 Å². The third-order valence-electron chi connectivity index (χ3n) is 12.0. The number of β-amino-alcohol motifs (C(OH)–C–C–N with tert-alkyl or cyclic N) is 1. The van der Waals surface area contributed by atoms with Crippen LogP contribution in [0.25, 0.3) is 36.9 Å². The summed E-state index contributed by atoms with van der Waals surface area (Å²) in [4.78, 5) is 65.6. The third-order valence-corrected chi connectivity index (χ3v) is 14.0. The first kappa shape index (κ1) is 51.6. The highest BCUT2D eigenvalue weighted by Gasteiger charge is 2.44. The molecule has 1 fully saturated rings. The number of anilines is 2. The van der Waals surface area contributed by atoms with Crippen LogP contribution < -0.4 is 26.0 Å². The Balaban J connectivity index is 0.722. The smallest absolute Gasteiger partial charge is 0.324 e. The number of nitrogens with zero attached hydrogens (tertiary/aromatic N) is 5. The third kappa shape index (κ3) is 12.8. The van der Waals surface area contributed by atoms with Crippen molar-refractivity contribution in [3.63, 3.8) is 0 Å². The number of carbonyl (C=O) groups excluding carboxylic acids is 4. The number of nitrogens with one attached hydrogen (secondary N) is 4. The SMILES string of the molecule is Cc1ncsc1-c1ccc(CNC(=O)[C@@H]2C[C@@H](O)CN2C(=O)[C@@H](NC(=O)CCOCCOCCOc2ccc3c(c2)sc2nc(-c4ccc(NC(=O)Nc5cc(C(C)(C)C)on5)cc4)cn23)C(C)(C)C)cc1. The molecular formula is C52H61N9O9S2. The molecule has 0 radical (unpaired) electrons. The number of hydrogen-bond acceptors (Lipinski definition) is 14. The molecule has 5 N–H and O–H groups in total. The van der Waals surface area contributed by atoms with Crippen molar-refractivity contribution in [1.29, 1.82) is 0 Å². The largest absolute Gasteiger partial charge is 0.491 e. The minimum Gasteiger partial charge on any atom is -0.491 e. The highest BCUT2D eigenvalue weighted by molar-refractivity contribution is 7.23. The molecule has 20 heteroatoms. The molecule has 8 rings (SSSR count). The fourth-order valence-electron chi connectivity index (χ4n) is 8.12. The highest BCUT2D eigenvalue weighted by atomic mass is 32.1. The fraction of sp³-hybridized carbons (Fsp3) is 0.404. The number of aliphatic hydroxyl groups is 1. The Morgan fingerprint density at radius 1 is 0.889 bits per heavy atom. The van der Waals surface area contributed by atoms with Crippen LogP contribution in [0.15, 0.2) is 89.0 Å². The van der Waals surface area contributed by atoms with Crippen LogP contribution in [0.1, 0.15) is 71.4 Å². The minimum atomic E-state index is -0.936. The Morgan fingerprint density at radius 3 is 2.31 bits per heavy atom. The Morgan fingerprint density at radius 2 is 1.61 bits per heavy atom. The van der Waals surface area contributed by atoms with Gasteiger partial charge in [0.25, 0.3) is 0 Å². The van der Waals surface area contributed by atoms with Crippen LogP contribution in [0.5, 0.6) is 5.75 Å². The lowest BCUT2D eigenvalue weighted by Crippen LogP contribution is -2.57. The van der Waals surface area contributed by atoms with E-state index >= 15 is 0 Å². The number of thiazole rings is 2. The number of urea groups is 1. The molecule has 1 aliphatic heterocycles. The first-order valence-corrected chi connectivity index (χ1v) is 25.5. The summed E-state index contributed by atoms with van der Waals surface area (Å²) in [7, 11) is 0. The summed E-state index contributed by atoms with van der Waals surface area (Å²) in [5.41, 5.74) is 7.14. The van der Waals surface area contributed by atoms with Gasteiger partial charge in [-0.1, -0.05) is 94.4 Å². The standard InChI is InChI=1S/C52H61N9O9S2/c1-31-45(71-30-54-31)34-10-8-32(9-11-34)27-53-47(64)40-24-36(62)28-60(40)48(65)46(52(5,6)7)58-44(63)18-19-67-20-21-68-22-23-69-37-16-17-39-41(25-37)72-50-56-38(29-61(39)50)33-12-14-35(15-13-33)55-49(66)57-43-26-42(70-59-43)51(2,3)4/h8-17,25-26,29-30,36,40,46,62H,18-24,27-28H2,1-7H3,(H,53,64)(H,58,63)(H2,55,57,59,66)/t36-,40+,46-/m1/s1. The molecule has 72 heavy (non-hydrogen) atoms. The number of ether oxygens (including phenoxy) is 3. The molecule has 7 aromatic rings. The molecule has 0 bridgehead atoms. The lowest BCUT2D eigenvalue weighted by atomic mass is 9.85. The topological polar surface area (TPSA) is 224 Å². The van der Waals surface area contributed by atoms with Gasteiger partial charge in [0.05, 0.1) is 64.5 Å². The summed E-state index contributed by atoms with van der Waals surface area (Å²) < 4.78 is 25.7. The molecule has 3 aromatic carbocycles. The molecule has 4 aromatic heterocycles. The van der Waals surface area contributed by atoms with Gasteiger partial charge in [0.2, 0.25) is 17.7 Å². The van der Waals surface area contributed by atoms with E-state index in [1.807, 2.05) is 131 Å². The normalized spacial score (nSPS) is 15.5. The number of carbonyl (C=O) groups is 4. The van der Waals surface area contributed by atoms with E-state index in [1.54, 1.807) is 28.7 Å². The maximum absolute atomic E-state index is 14.0. The molecule has 380 valence electrons. The fourth-order valence-corrected chi connectivity index (χ4v) is 9.97. The molecule has 0 aliphatic carbocycles. The van der Waals surface area contributed by atoms with Gasteiger partial charge >= 0.3 is 6.03 Å². The molecule has 5 amide bonds. The van der Waals surface area contributed by atoms with Crippen molar-refractivity contribution >= 4 is 73.1 Å². The number of imidazole rings is 1. The Kier molecular flexibility index (Phi) is 16.0. The van der Waals surface area contributed by atoms with E-state index in [9.17, 15) is 24.3 Å². The lowest BCUT2D eigenvalue weighted by molar-refractivity contribution is -0.144. The van der Waals surface area contributed by atoms with Crippen molar-refractivity contribution in [2.24, 2.45) is 5.41 Å². The van der Waals surface area contributed by atoms with Crippen LogP contribution in [0.2, 0.25) is 0 Å². The molecule has 0 unspecified atom stereocenters. The summed E-state index contributed by atoms with van der Waals surface area (Å²) in [5, 5.41) is 25.8. The van der Waals surface area contributed by atoms with E-state index in [1.165, 1.54) is 4.90 Å². The van der Waals surface area contributed by atoms with Gasteiger partial charge in [-0.25, -0.2) is 14.8 Å². The summed E-state index contributed by atoms with van der Waals surface area (Å²) >= 11 is 3.12. The molecule has 1 aliphatic rings. The summed E-state index contributed by atoms with van der Waals surface area (Å²) in [5.74, 6) is 0.562. The molecule has 0 spiro atoms. The molecular weight excluding hydrogens is 959 g/mol. The van der Waals surface area contributed by atoms with Crippen LogP contribution in [-0.2, 0) is 35.8 Å². The monoisotopic (exact) mass is 1020 g/mol. The number of benzene rings is 3. The van der Waals surface area contributed by atoms with E-state index < -0.39 is 35.5 Å². The van der Waals surface area contributed by atoms with E-state index in [2.05, 4.69) is 31.4 Å². The van der Waals surface area contributed by atoms with Gasteiger partial charge < -0.3 is 44.7 Å². The number of aryl methyl sites for hydroxylation is 1. The Labute approximate surface area is 425 Å². The van der Waals surface area contributed by atoms with Crippen LogP contribution in [0, 0.1) is 12.3 Å². The average Bonchev–Trinajstić information content (AvgIpc) is 4.19. The van der Waals surface area contributed by atoms with Gasteiger partial charge in [0, 0.05) is 54.9 Å². The first-order chi connectivity index (χ1) is 34.4. The summed E-state index contributed by atoms with van der Waals surface area (Å²) in [6.45, 7) is 15.1. The zero-order chi connectivity index (χ0) is 51.2. The Hall–Kier alpha value is -6.71. The minimum absolute atomic E-state index is 0.00854. The van der Waals surface area contributed by atoms with Crippen molar-refractivity contribution < 1.29 is 43.0 Å². The molecule has 0 saturated carbocycles. The van der Waals surface area contributed by atoms with Crippen LogP contribution >= 0.6 is 22.7 Å². The number of aliphatic hydroxyl groups excluding tert-OH is 1. The van der Waals surface area contributed by atoms with E-state index in [-0.39, 0.29) is 56.4 Å². The highest BCUT2D eigenvalue weighted by Crippen LogP contribution is 2.33. The van der Waals surface area contributed by atoms with E-state index in [0.29, 0.717) is 42.8 Å². The second-order valence-corrected chi connectivity index (χ2v) is 21.6. The van der Waals surface area contributed by atoms with Crippen molar-refractivity contribution in [1.82, 2.24) is 35.1 Å². The molecule has 1 saturated heterocycles. The van der Waals surface area contributed by atoms with Crippen molar-refractivity contribution in [3.8, 4) is 27.4 Å². The second kappa shape index (κ2) is 22.4. The number of amides is 5. The van der Waals surface area contributed by atoms with Crippen LogP contribution in [-0.4, -0.2) is 111 Å². The quantitative estimate of drug-likeness (QED) is 0.0484. The summed E-state index contributed by atoms with van der Waals surface area (Å²) in [6, 6.07) is 20.7. The maximum atomic E-state index is 14.0. The molecule has 3 atom stereocenters. The second-order valence-electron chi connectivity index (χ2n) is 19.8. The number of hydrogen-bond donors (Lipinski definition) is 5. The van der Waals surface area contributed by atoms with Crippen LogP contribution in [0.3, 0.4) is 0 Å². The van der Waals surface area contributed by atoms with Gasteiger partial charge in [0.1, 0.15) is 30.2 Å². The van der Waals surface area contributed by atoms with Gasteiger partial charge in [-0.05, 0) is 53.8 Å². The number of fused-ring (bicyclic) bond motifs is 3. The van der Waals surface area contributed by atoms with E-state index in [0.717, 1.165) is 48.1 Å². The number of likely N-dealkylation sites (tertiary alicyclic amines) is 1. The van der Waals surface area contributed by atoms with Gasteiger partial charge in [-0.15, -0.1) is 11.3 Å². The number of rotatable bonds is 19. The zero-order valence-corrected chi connectivity index (χ0v) is 43.1. The van der Waals surface area contributed by atoms with Crippen LogP contribution in [0.4, 0.5) is 16.3 Å². The maximum Gasteiger partial charge on any atom is 0.324 e. The summed E-state index contributed by atoms with van der Waals surface area (Å²) in [6.07, 6.45) is 1.24. The van der Waals surface area contributed by atoms with Crippen molar-refractivity contribution in [2.75, 3.05) is 50.2 Å². The predicted molar refractivity (Wildman–Crippen MR) is 277 cm³/mol. The molecule has 5 heterocycles. The number of aromatic nitrogens is 4. The Bertz CT molecular complexity index is 3000. The molecule has 18 nitrogen and oxygen atoms in total.